The van der Waals surface area contributed by atoms with E-state index in [1.165, 1.54) is 21.6 Å². The standard InChI is InChI=1S/C14H16N2O7S3/c1-8(24-25-11-4-2-3-5-15-11)6-9(14(19)20)16-12(17)7-10(13(16)18)26(21,22)23/h2-5,8-10H,6-7H2,1H3,(H,19,20)(H,21,22,23). The van der Waals surface area contributed by atoms with E-state index in [1.54, 1.807) is 31.3 Å². The summed E-state index contributed by atoms with van der Waals surface area (Å²) in [5, 5.41) is 7.90. The summed E-state index contributed by atoms with van der Waals surface area (Å²) in [6.07, 6.45) is 0.784. The molecular formula is C14H16N2O7S3. The van der Waals surface area contributed by atoms with Gasteiger partial charge in [-0.3, -0.25) is 19.0 Å². The minimum atomic E-state index is -4.77. The van der Waals surface area contributed by atoms with Gasteiger partial charge in [0, 0.05) is 11.4 Å². The number of aromatic nitrogens is 1. The van der Waals surface area contributed by atoms with Crippen molar-refractivity contribution in [2.45, 2.75) is 41.3 Å². The van der Waals surface area contributed by atoms with Gasteiger partial charge in [0.1, 0.15) is 11.1 Å². The number of amides is 2. The van der Waals surface area contributed by atoms with Crippen LogP contribution in [0.2, 0.25) is 0 Å². The number of aliphatic carboxylic acids is 1. The molecule has 0 radical (unpaired) electrons. The van der Waals surface area contributed by atoms with E-state index < -0.39 is 45.6 Å². The topological polar surface area (TPSA) is 142 Å². The van der Waals surface area contributed by atoms with Crippen LogP contribution in [0.25, 0.3) is 0 Å². The molecule has 2 amide bonds. The molecule has 0 spiro atoms. The first kappa shape index (κ1) is 20.7. The number of nitrogens with zero attached hydrogens (tertiary/aromatic N) is 2. The molecule has 1 aliphatic heterocycles. The van der Waals surface area contributed by atoms with Crippen molar-refractivity contribution in [3.05, 3.63) is 24.4 Å². The summed E-state index contributed by atoms with van der Waals surface area (Å²) < 4.78 is 31.5. The van der Waals surface area contributed by atoms with E-state index in [0.29, 0.717) is 4.90 Å². The molecule has 0 saturated carbocycles. The number of hydrogen-bond acceptors (Lipinski definition) is 8. The van der Waals surface area contributed by atoms with Gasteiger partial charge in [0.05, 0.1) is 6.42 Å². The second kappa shape index (κ2) is 8.37. The zero-order valence-corrected chi connectivity index (χ0v) is 16.0. The monoisotopic (exact) mass is 420 g/mol. The van der Waals surface area contributed by atoms with Crippen LogP contribution in [0, 0.1) is 0 Å². The molecule has 2 rings (SSSR count). The van der Waals surface area contributed by atoms with Crippen molar-refractivity contribution in [1.29, 1.82) is 0 Å². The Balaban J connectivity index is 2.07. The number of carboxylic acids is 1. The van der Waals surface area contributed by atoms with Crippen molar-refractivity contribution in [1.82, 2.24) is 9.88 Å². The van der Waals surface area contributed by atoms with Gasteiger partial charge in [0.2, 0.25) is 5.91 Å². The summed E-state index contributed by atoms with van der Waals surface area (Å²) in [7, 11) is -2.14. The Labute approximate surface area is 157 Å². The lowest BCUT2D eigenvalue weighted by Crippen LogP contribution is -2.47. The molecule has 9 nitrogen and oxygen atoms in total. The van der Waals surface area contributed by atoms with E-state index in [2.05, 4.69) is 4.98 Å². The van der Waals surface area contributed by atoms with Gasteiger partial charge in [-0.2, -0.15) is 8.42 Å². The number of carbonyl (C=O) groups excluding carboxylic acids is 2. The Hall–Kier alpha value is -1.63. The number of rotatable bonds is 8. The zero-order chi connectivity index (χ0) is 19.5. The molecule has 26 heavy (non-hydrogen) atoms. The predicted molar refractivity (Wildman–Crippen MR) is 95.0 cm³/mol. The highest BCUT2D eigenvalue weighted by atomic mass is 33.1. The molecule has 3 atom stereocenters. The predicted octanol–water partition coefficient (Wildman–Crippen LogP) is 1.07. The number of carboxylic acid groups (broad SMARTS) is 1. The van der Waals surface area contributed by atoms with E-state index in [0.717, 1.165) is 5.03 Å². The minimum Gasteiger partial charge on any atom is -0.480 e. The van der Waals surface area contributed by atoms with Crippen LogP contribution in [0.5, 0.6) is 0 Å². The van der Waals surface area contributed by atoms with E-state index in [-0.39, 0.29) is 11.7 Å². The smallest absolute Gasteiger partial charge is 0.326 e. The van der Waals surface area contributed by atoms with Crippen LogP contribution in [-0.2, 0) is 24.5 Å². The van der Waals surface area contributed by atoms with Gasteiger partial charge in [0.25, 0.3) is 16.0 Å². The van der Waals surface area contributed by atoms with E-state index in [9.17, 15) is 27.9 Å². The SMILES string of the molecule is CC(CC(C(=O)O)N1C(=O)CC(S(=O)(=O)O)C1=O)SSc1ccccn1. The molecule has 2 heterocycles. The molecule has 12 heteroatoms. The summed E-state index contributed by atoms with van der Waals surface area (Å²) in [5.41, 5.74) is 0. The van der Waals surface area contributed by atoms with Crippen molar-refractivity contribution >= 4 is 49.5 Å². The van der Waals surface area contributed by atoms with Gasteiger partial charge in [-0.15, -0.1) is 0 Å². The van der Waals surface area contributed by atoms with Crippen LogP contribution >= 0.6 is 21.6 Å². The van der Waals surface area contributed by atoms with Crippen LogP contribution in [-0.4, -0.2) is 62.3 Å². The average Bonchev–Trinajstić information content (AvgIpc) is 2.86. The molecule has 0 aliphatic carbocycles. The average molecular weight is 420 g/mol. The third-order valence-electron chi connectivity index (χ3n) is 3.59. The maximum Gasteiger partial charge on any atom is 0.326 e. The highest BCUT2D eigenvalue weighted by molar-refractivity contribution is 8.76. The third kappa shape index (κ3) is 4.96. The molecule has 0 aromatic carbocycles. The molecule has 0 bridgehead atoms. The first-order chi connectivity index (χ1) is 12.1. The second-order valence-electron chi connectivity index (χ2n) is 5.56. The Morgan fingerprint density at radius 1 is 1.42 bits per heavy atom. The first-order valence-electron chi connectivity index (χ1n) is 7.40. The van der Waals surface area contributed by atoms with Crippen LogP contribution in [0.3, 0.4) is 0 Å². The fraction of sp³-hybridized carbons (Fsp3) is 0.429. The fourth-order valence-electron chi connectivity index (χ4n) is 2.38. The Kier molecular flexibility index (Phi) is 6.66. The highest BCUT2D eigenvalue weighted by Crippen LogP contribution is 2.36. The maximum atomic E-state index is 12.1. The molecule has 142 valence electrons. The minimum absolute atomic E-state index is 0.0739. The molecule has 3 unspecified atom stereocenters. The van der Waals surface area contributed by atoms with Gasteiger partial charge >= 0.3 is 5.97 Å². The number of likely N-dealkylation sites (tertiary alicyclic amines) is 1. The Morgan fingerprint density at radius 3 is 2.62 bits per heavy atom. The van der Waals surface area contributed by atoms with Gasteiger partial charge in [0.15, 0.2) is 5.25 Å². The summed E-state index contributed by atoms with van der Waals surface area (Å²) in [6, 6.07) is 3.84. The van der Waals surface area contributed by atoms with Crippen LogP contribution in [0.15, 0.2) is 29.4 Å². The normalized spacial score (nSPS) is 20.2. The van der Waals surface area contributed by atoms with E-state index >= 15 is 0 Å². The largest absolute Gasteiger partial charge is 0.480 e. The van der Waals surface area contributed by atoms with Gasteiger partial charge in [-0.1, -0.05) is 23.8 Å². The van der Waals surface area contributed by atoms with Crippen molar-refractivity contribution in [3.8, 4) is 0 Å². The number of carbonyl (C=O) groups is 3. The molecule has 2 N–H and O–H groups in total. The molecule has 1 aromatic heterocycles. The van der Waals surface area contributed by atoms with Gasteiger partial charge in [-0.25, -0.2) is 9.78 Å². The summed E-state index contributed by atoms with van der Waals surface area (Å²) in [4.78, 5) is 40.2. The fourth-order valence-corrected chi connectivity index (χ4v) is 5.18. The summed E-state index contributed by atoms with van der Waals surface area (Å²) >= 11 is 0. The molecule has 1 aromatic rings. The number of pyridine rings is 1. The molecular weight excluding hydrogens is 404 g/mol. The van der Waals surface area contributed by atoms with Crippen LogP contribution in [0.4, 0.5) is 0 Å². The van der Waals surface area contributed by atoms with Crippen molar-refractivity contribution in [2.24, 2.45) is 0 Å². The third-order valence-corrected chi connectivity index (χ3v) is 7.49. The van der Waals surface area contributed by atoms with Crippen molar-refractivity contribution in [3.63, 3.8) is 0 Å². The lowest BCUT2D eigenvalue weighted by atomic mass is 10.1. The maximum absolute atomic E-state index is 12.1. The molecule has 1 fully saturated rings. The number of imide groups is 1. The Bertz CT molecular complexity index is 800. The van der Waals surface area contributed by atoms with Gasteiger partial charge in [-0.05, 0) is 29.3 Å². The summed E-state index contributed by atoms with van der Waals surface area (Å²) in [5.74, 6) is -3.56. The molecule has 1 saturated heterocycles. The second-order valence-corrected chi connectivity index (χ2v) is 9.82. The lowest BCUT2D eigenvalue weighted by Gasteiger charge is -2.25. The summed E-state index contributed by atoms with van der Waals surface area (Å²) in [6.45, 7) is 1.72. The van der Waals surface area contributed by atoms with E-state index in [4.69, 9.17) is 4.55 Å². The highest BCUT2D eigenvalue weighted by Gasteiger charge is 2.50. The van der Waals surface area contributed by atoms with Crippen molar-refractivity contribution < 1.29 is 32.5 Å². The van der Waals surface area contributed by atoms with Crippen molar-refractivity contribution in [2.75, 3.05) is 0 Å². The van der Waals surface area contributed by atoms with Crippen LogP contribution in [0.1, 0.15) is 19.8 Å². The first-order valence-corrected chi connectivity index (χ1v) is 11.1. The Morgan fingerprint density at radius 2 is 2.12 bits per heavy atom. The molecule has 1 aliphatic rings. The number of hydrogen-bond donors (Lipinski definition) is 2. The van der Waals surface area contributed by atoms with Gasteiger partial charge < -0.3 is 5.11 Å². The zero-order valence-electron chi connectivity index (χ0n) is 13.5. The van der Waals surface area contributed by atoms with E-state index in [1.807, 2.05) is 0 Å². The quantitative estimate of drug-likeness (QED) is 0.356. The lowest BCUT2D eigenvalue weighted by molar-refractivity contribution is -0.154. The van der Waals surface area contributed by atoms with Crippen LogP contribution < -0.4 is 0 Å².